The van der Waals surface area contributed by atoms with Crippen LogP contribution in [-0.4, -0.2) is 37.2 Å². The third-order valence-electron chi connectivity index (χ3n) is 3.00. The van der Waals surface area contributed by atoms with Crippen molar-refractivity contribution in [1.82, 2.24) is 4.90 Å². The Kier molecular flexibility index (Phi) is 3.97. The predicted octanol–water partition coefficient (Wildman–Crippen LogP) is 2.14. The number of anilines is 1. The van der Waals surface area contributed by atoms with E-state index in [9.17, 15) is 0 Å². The molecule has 0 saturated carbocycles. The Morgan fingerprint density at radius 2 is 2.17 bits per heavy atom. The molecule has 0 amide bonds. The summed E-state index contributed by atoms with van der Waals surface area (Å²) in [6, 6.07) is 5.63. The number of benzene rings is 1. The largest absolute Gasteiger partial charge is 0.489 e. The van der Waals surface area contributed by atoms with Crippen molar-refractivity contribution in [1.29, 1.82) is 0 Å². The zero-order chi connectivity index (χ0) is 13.1. The monoisotopic (exact) mass is 250 g/mol. The first-order valence-electron chi connectivity index (χ1n) is 6.46. The Morgan fingerprint density at radius 3 is 2.78 bits per heavy atom. The van der Waals surface area contributed by atoms with Gasteiger partial charge in [-0.25, -0.2) is 0 Å². The lowest BCUT2D eigenvalue weighted by molar-refractivity contribution is 0.204. The summed E-state index contributed by atoms with van der Waals surface area (Å²) in [7, 11) is 2.11. The first-order valence-corrected chi connectivity index (χ1v) is 6.46. The zero-order valence-electron chi connectivity index (χ0n) is 11.3. The Morgan fingerprint density at radius 1 is 1.39 bits per heavy atom. The van der Waals surface area contributed by atoms with Crippen molar-refractivity contribution in [2.24, 2.45) is 0 Å². The number of likely N-dealkylation sites (N-methyl/N-ethyl adjacent to an activating group) is 1. The van der Waals surface area contributed by atoms with E-state index < -0.39 is 0 Å². The van der Waals surface area contributed by atoms with Gasteiger partial charge in [0.15, 0.2) is 0 Å². The molecule has 0 aliphatic carbocycles. The van der Waals surface area contributed by atoms with E-state index in [1.54, 1.807) is 0 Å². The summed E-state index contributed by atoms with van der Waals surface area (Å²) in [4.78, 5) is 2.27. The van der Waals surface area contributed by atoms with Gasteiger partial charge < -0.3 is 20.1 Å². The van der Waals surface area contributed by atoms with Gasteiger partial charge in [0.2, 0.25) is 0 Å². The van der Waals surface area contributed by atoms with Crippen LogP contribution in [0.5, 0.6) is 11.5 Å². The number of likely N-dealkylation sites (tertiary alicyclic amines) is 1. The number of hydrogen-bond donors (Lipinski definition) is 1. The number of nitrogen functional groups attached to an aromatic ring is 1. The normalized spacial score (nSPS) is 20.3. The molecular weight excluding hydrogens is 228 g/mol. The summed E-state index contributed by atoms with van der Waals surface area (Å²) in [5.41, 5.74) is 6.53. The number of hydrogen-bond acceptors (Lipinski definition) is 4. The highest BCUT2D eigenvalue weighted by molar-refractivity contribution is 5.55. The van der Waals surface area contributed by atoms with Crippen molar-refractivity contribution in [2.45, 2.75) is 32.5 Å². The first-order chi connectivity index (χ1) is 8.54. The summed E-state index contributed by atoms with van der Waals surface area (Å²) < 4.78 is 11.6. The summed E-state index contributed by atoms with van der Waals surface area (Å²) in [5.74, 6) is 1.54. The molecule has 1 aromatic carbocycles. The highest BCUT2D eigenvalue weighted by atomic mass is 16.5. The van der Waals surface area contributed by atoms with Crippen LogP contribution in [0, 0.1) is 0 Å². The van der Waals surface area contributed by atoms with Crippen molar-refractivity contribution in [3.63, 3.8) is 0 Å². The molecular formula is C14H22N2O2. The second kappa shape index (κ2) is 5.48. The molecule has 4 heteroatoms. The maximum absolute atomic E-state index is 5.95. The lowest BCUT2D eigenvalue weighted by atomic mass is 10.2. The minimum absolute atomic E-state index is 0.111. The number of nitrogens with two attached hydrogens (primary N) is 1. The van der Waals surface area contributed by atoms with E-state index >= 15 is 0 Å². The molecule has 2 N–H and O–H groups in total. The maximum atomic E-state index is 5.95. The molecule has 0 bridgehead atoms. The molecule has 1 aromatic rings. The van der Waals surface area contributed by atoms with Crippen molar-refractivity contribution in [2.75, 3.05) is 25.9 Å². The molecule has 0 radical (unpaired) electrons. The second-order valence-corrected chi connectivity index (χ2v) is 5.16. The molecule has 1 unspecified atom stereocenters. The van der Waals surface area contributed by atoms with Crippen molar-refractivity contribution in [3.05, 3.63) is 18.2 Å². The fraction of sp³-hybridized carbons (Fsp3) is 0.571. The number of nitrogens with zero attached hydrogens (tertiary/aromatic N) is 1. The Balaban J connectivity index is 2.04. The molecule has 1 atom stereocenters. The first kappa shape index (κ1) is 13.0. The van der Waals surface area contributed by atoms with E-state index in [-0.39, 0.29) is 12.2 Å². The summed E-state index contributed by atoms with van der Waals surface area (Å²) >= 11 is 0. The molecule has 1 aliphatic heterocycles. The van der Waals surface area contributed by atoms with Gasteiger partial charge in [0.1, 0.15) is 17.6 Å². The van der Waals surface area contributed by atoms with Gasteiger partial charge in [-0.15, -0.1) is 0 Å². The molecule has 0 aromatic heterocycles. The highest BCUT2D eigenvalue weighted by Crippen LogP contribution is 2.29. The number of ether oxygens (including phenoxy) is 2. The second-order valence-electron chi connectivity index (χ2n) is 5.16. The molecule has 0 spiro atoms. The van der Waals surface area contributed by atoms with Crippen LogP contribution in [0.15, 0.2) is 18.2 Å². The quantitative estimate of drug-likeness (QED) is 0.832. The Hall–Kier alpha value is -1.42. The molecule has 1 aliphatic rings. The molecule has 1 saturated heterocycles. The lowest BCUT2D eigenvalue weighted by Gasteiger charge is -2.17. The van der Waals surface area contributed by atoms with Crippen LogP contribution in [0.4, 0.5) is 5.69 Å². The third kappa shape index (κ3) is 3.29. The molecule has 1 heterocycles. The van der Waals surface area contributed by atoms with Crippen LogP contribution in [0.3, 0.4) is 0 Å². The fourth-order valence-corrected chi connectivity index (χ4v) is 2.13. The van der Waals surface area contributed by atoms with Crippen LogP contribution >= 0.6 is 0 Å². The average molecular weight is 250 g/mol. The standard InChI is InChI=1S/C14H22N2O2/c1-10(2)17-14-8-11(4-5-13(14)15)18-12-6-7-16(3)9-12/h4-5,8,10,12H,6-7,9,15H2,1-3H3. The van der Waals surface area contributed by atoms with Gasteiger partial charge in [-0.2, -0.15) is 0 Å². The van der Waals surface area contributed by atoms with Gasteiger partial charge in [0.05, 0.1) is 11.8 Å². The molecule has 2 rings (SSSR count). The summed E-state index contributed by atoms with van der Waals surface area (Å²) in [6.45, 7) is 6.04. The van der Waals surface area contributed by atoms with Crippen LogP contribution < -0.4 is 15.2 Å². The van der Waals surface area contributed by atoms with E-state index in [0.717, 1.165) is 25.3 Å². The molecule has 100 valence electrons. The zero-order valence-corrected chi connectivity index (χ0v) is 11.3. The van der Waals surface area contributed by atoms with E-state index in [1.807, 2.05) is 32.0 Å². The number of rotatable bonds is 4. The van der Waals surface area contributed by atoms with Gasteiger partial charge >= 0.3 is 0 Å². The maximum Gasteiger partial charge on any atom is 0.146 e. The topological polar surface area (TPSA) is 47.7 Å². The van der Waals surface area contributed by atoms with Crippen LogP contribution in [0.2, 0.25) is 0 Å². The van der Waals surface area contributed by atoms with Crippen molar-refractivity contribution >= 4 is 5.69 Å². The highest BCUT2D eigenvalue weighted by Gasteiger charge is 2.21. The van der Waals surface area contributed by atoms with Crippen LogP contribution in [0.1, 0.15) is 20.3 Å². The Bertz CT molecular complexity index is 407. The fourth-order valence-electron chi connectivity index (χ4n) is 2.13. The van der Waals surface area contributed by atoms with E-state index in [0.29, 0.717) is 11.4 Å². The van der Waals surface area contributed by atoms with Gasteiger partial charge in [0, 0.05) is 19.2 Å². The molecule has 4 nitrogen and oxygen atoms in total. The summed E-state index contributed by atoms with van der Waals surface area (Å²) in [5, 5.41) is 0. The Labute approximate surface area is 109 Å². The van der Waals surface area contributed by atoms with Crippen LogP contribution in [0.25, 0.3) is 0 Å². The van der Waals surface area contributed by atoms with E-state index in [4.69, 9.17) is 15.2 Å². The predicted molar refractivity (Wildman–Crippen MR) is 73.1 cm³/mol. The van der Waals surface area contributed by atoms with Gasteiger partial charge in [-0.1, -0.05) is 0 Å². The third-order valence-corrected chi connectivity index (χ3v) is 3.00. The molecule has 1 fully saturated rings. The SMILES string of the molecule is CC(C)Oc1cc(OC2CCN(C)C2)ccc1N. The average Bonchev–Trinajstić information content (AvgIpc) is 2.68. The minimum Gasteiger partial charge on any atom is -0.489 e. The van der Waals surface area contributed by atoms with Crippen molar-refractivity contribution < 1.29 is 9.47 Å². The van der Waals surface area contributed by atoms with Gasteiger partial charge in [-0.05, 0) is 39.4 Å². The lowest BCUT2D eigenvalue weighted by Crippen LogP contribution is -2.21. The van der Waals surface area contributed by atoms with Crippen molar-refractivity contribution in [3.8, 4) is 11.5 Å². The minimum atomic E-state index is 0.111. The van der Waals surface area contributed by atoms with Gasteiger partial charge in [-0.3, -0.25) is 0 Å². The summed E-state index contributed by atoms with van der Waals surface area (Å²) in [6.07, 6.45) is 1.45. The smallest absolute Gasteiger partial charge is 0.146 e. The van der Waals surface area contributed by atoms with Gasteiger partial charge in [0.25, 0.3) is 0 Å². The van der Waals surface area contributed by atoms with E-state index in [1.165, 1.54) is 0 Å². The molecule has 18 heavy (non-hydrogen) atoms. The van der Waals surface area contributed by atoms with E-state index in [2.05, 4.69) is 11.9 Å². The van der Waals surface area contributed by atoms with Crippen LogP contribution in [-0.2, 0) is 0 Å².